The summed E-state index contributed by atoms with van der Waals surface area (Å²) in [6.07, 6.45) is 0. The molecule has 5 N–H and O–H groups in total. The monoisotopic (exact) mass is 561 g/mol. The molecule has 6 radical (unpaired) electrons. The highest BCUT2D eigenvalue weighted by Crippen LogP contribution is 2.48. The van der Waals surface area contributed by atoms with Gasteiger partial charge in [-0.1, -0.05) is 18.2 Å². The fourth-order valence-corrected chi connectivity index (χ4v) is 5.14. The molecular formula is C25H23B3FN3O9. The zero-order chi connectivity index (χ0) is 30.0. The molecular weight excluding hydrogens is 538 g/mol. The summed E-state index contributed by atoms with van der Waals surface area (Å²) in [5.41, 5.74) is -14.2. The van der Waals surface area contributed by atoms with Gasteiger partial charge in [0.05, 0.1) is 18.8 Å². The highest BCUT2D eigenvalue weighted by Gasteiger charge is 2.73. The SMILES string of the molecule is [B]C1(O)c2c(OCc3ccc(CN4CCOCC4)cc3F)cccc2C(=O)N1C1(O)C(=O)NC(=O)C([B])(O)C1([B])O. The molecule has 0 aromatic heterocycles. The molecule has 0 saturated carbocycles. The second-order valence-electron chi connectivity index (χ2n) is 10.1. The third-order valence-corrected chi connectivity index (χ3v) is 7.51. The fraction of sp³-hybridized carbons (Fsp3) is 0.400. The summed E-state index contributed by atoms with van der Waals surface area (Å²) in [4.78, 5) is 40.1. The summed E-state index contributed by atoms with van der Waals surface area (Å²) in [7, 11) is 17.0. The maximum Gasteiger partial charge on any atom is 0.282 e. The Labute approximate surface area is 237 Å². The van der Waals surface area contributed by atoms with Crippen LogP contribution in [-0.4, -0.2) is 115 Å². The van der Waals surface area contributed by atoms with Crippen LogP contribution in [0.4, 0.5) is 4.39 Å². The third-order valence-electron chi connectivity index (χ3n) is 7.51. The molecule has 2 saturated heterocycles. The van der Waals surface area contributed by atoms with Crippen molar-refractivity contribution in [3.05, 3.63) is 64.5 Å². The van der Waals surface area contributed by atoms with Gasteiger partial charge < -0.3 is 29.9 Å². The number of aliphatic hydroxyl groups is 4. The van der Waals surface area contributed by atoms with Gasteiger partial charge in [-0.3, -0.25) is 29.5 Å². The molecule has 2 aromatic carbocycles. The minimum atomic E-state index is -3.77. The number of nitrogens with zero attached hydrogens (tertiary/aromatic N) is 2. The van der Waals surface area contributed by atoms with Gasteiger partial charge in [0, 0.05) is 30.8 Å². The first-order valence-corrected chi connectivity index (χ1v) is 12.4. The largest absolute Gasteiger partial charge is 0.488 e. The van der Waals surface area contributed by atoms with E-state index < -0.39 is 57.0 Å². The average Bonchev–Trinajstić information content (AvgIpc) is 3.12. The minimum Gasteiger partial charge on any atom is -0.488 e. The molecule has 208 valence electrons. The number of carbonyl (C=O) groups is 3. The van der Waals surface area contributed by atoms with Crippen LogP contribution in [0.25, 0.3) is 0 Å². The molecule has 3 aliphatic heterocycles. The van der Waals surface area contributed by atoms with Gasteiger partial charge >= 0.3 is 0 Å². The summed E-state index contributed by atoms with van der Waals surface area (Å²) in [5.74, 6) is -5.67. The maximum atomic E-state index is 14.9. The van der Waals surface area contributed by atoms with Crippen LogP contribution >= 0.6 is 0 Å². The molecule has 16 heteroatoms. The van der Waals surface area contributed by atoms with E-state index in [2.05, 4.69) is 4.90 Å². The molecule has 0 bridgehead atoms. The van der Waals surface area contributed by atoms with E-state index in [0.29, 0.717) is 19.8 Å². The number of hydrogen-bond donors (Lipinski definition) is 5. The van der Waals surface area contributed by atoms with Gasteiger partial charge in [0.1, 0.15) is 50.5 Å². The van der Waals surface area contributed by atoms with E-state index in [1.54, 1.807) is 6.07 Å². The molecule has 41 heavy (non-hydrogen) atoms. The van der Waals surface area contributed by atoms with Gasteiger partial charge in [-0.15, -0.1) is 0 Å². The van der Waals surface area contributed by atoms with E-state index >= 15 is 0 Å². The molecule has 3 heterocycles. The van der Waals surface area contributed by atoms with Crippen molar-refractivity contribution >= 4 is 41.3 Å². The quantitative estimate of drug-likeness (QED) is 0.182. The van der Waals surface area contributed by atoms with Crippen LogP contribution in [0.1, 0.15) is 27.0 Å². The van der Waals surface area contributed by atoms with Gasteiger partial charge in [-0.2, -0.15) is 0 Å². The van der Waals surface area contributed by atoms with Crippen LogP contribution in [0, 0.1) is 5.82 Å². The number of carbonyl (C=O) groups excluding carboxylic acids is 3. The lowest BCUT2D eigenvalue weighted by Gasteiger charge is -2.56. The van der Waals surface area contributed by atoms with Gasteiger partial charge in [0.15, 0.2) is 7.85 Å². The molecule has 2 aromatic rings. The Kier molecular flexibility index (Phi) is 7.08. The number of morpholine rings is 1. The molecule has 4 unspecified atom stereocenters. The van der Waals surface area contributed by atoms with E-state index in [1.165, 1.54) is 29.6 Å². The van der Waals surface area contributed by atoms with Crippen LogP contribution < -0.4 is 10.1 Å². The standard InChI is InChI=1S/C25H23B3FN3O9/c26-22(36)20(34)30-21(35)23(37,25(22,28)39)32-19(33)15-2-1-3-17(18(15)24(32,27)38)41-12-14-5-4-13(10-16(14)29)11-31-6-8-40-9-7-31/h1-5,10,36-39H,6-9,11-12H2,(H,30,34,35). The van der Waals surface area contributed by atoms with E-state index in [-0.39, 0.29) is 22.8 Å². The number of halogens is 1. The first-order valence-electron chi connectivity index (χ1n) is 12.4. The van der Waals surface area contributed by atoms with Gasteiger partial charge in [0.25, 0.3) is 17.7 Å². The van der Waals surface area contributed by atoms with Crippen LogP contribution in [-0.2, 0) is 33.1 Å². The van der Waals surface area contributed by atoms with Crippen molar-refractivity contribution in [2.75, 3.05) is 26.3 Å². The lowest BCUT2D eigenvalue weighted by atomic mass is 9.51. The van der Waals surface area contributed by atoms with Crippen LogP contribution in [0.5, 0.6) is 5.75 Å². The molecule has 5 rings (SSSR count). The van der Waals surface area contributed by atoms with Crippen LogP contribution in [0.3, 0.4) is 0 Å². The number of benzene rings is 2. The Morgan fingerprint density at radius 3 is 2.34 bits per heavy atom. The normalized spacial score (nSPS) is 32.1. The molecule has 2 fully saturated rings. The number of rotatable bonds is 6. The molecule has 0 aliphatic carbocycles. The topological polar surface area (TPSA) is 169 Å². The zero-order valence-electron chi connectivity index (χ0n) is 21.5. The number of hydrogen-bond acceptors (Lipinski definition) is 10. The van der Waals surface area contributed by atoms with E-state index in [1.807, 2.05) is 0 Å². The van der Waals surface area contributed by atoms with Crippen molar-refractivity contribution in [3.63, 3.8) is 0 Å². The van der Waals surface area contributed by atoms with E-state index in [4.69, 9.17) is 33.0 Å². The Morgan fingerprint density at radius 1 is 1.00 bits per heavy atom. The number of nitrogens with one attached hydrogen (secondary N) is 1. The lowest BCUT2D eigenvalue weighted by Crippen LogP contribution is -2.87. The summed E-state index contributed by atoms with van der Waals surface area (Å²) in [6, 6.07) is 8.36. The Morgan fingerprint density at radius 2 is 1.68 bits per heavy atom. The van der Waals surface area contributed by atoms with E-state index in [9.17, 15) is 39.2 Å². The zero-order valence-corrected chi connectivity index (χ0v) is 21.5. The number of imide groups is 1. The number of ether oxygens (including phenoxy) is 2. The maximum absolute atomic E-state index is 14.9. The van der Waals surface area contributed by atoms with E-state index in [0.717, 1.165) is 24.7 Å². The second-order valence-corrected chi connectivity index (χ2v) is 10.1. The minimum absolute atomic E-state index is 0.127. The number of fused-ring (bicyclic) bond motifs is 1. The number of piperidine rings is 1. The Hall–Kier alpha value is -3.27. The first-order chi connectivity index (χ1) is 19.1. The highest BCUT2D eigenvalue weighted by molar-refractivity contribution is 6.39. The first kappa shape index (κ1) is 29.2. The summed E-state index contributed by atoms with van der Waals surface area (Å²) >= 11 is 0. The van der Waals surface area contributed by atoms with Crippen molar-refractivity contribution in [2.45, 2.75) is 35.5 Å². The molecule has 0 spiro atoms. The molecule has 3 amide bonds. The fourth-order valence-electron chi connectivity index (χ4n) is 5.14. The molecule has 12 nitrogen and oxygen atoms in total. The second kappa shape index (κ2) is 9.93. The van der Waals surface area contributed by atoms with Crippen molar-refractivity contribution in [1.29, 1.82) is 0 Å². The summed E-state index contributed by atoms with van der Waals surface area (Å²) in [6.45, 7) is 2.79. The summed E-state index contributed by atoms with van der Waals surface area (Å²) in [5, 5.41) is 45.1. The lowest BCUT2D eigenvalue weighted by molar-refractivity contribution is -0.256. The predicted molar refractivity (Wildman–Crippen MR) is 139 cm³/mol. The molecule has 3 aliphatic rings. The van der Waals surface area contributed by atoms with Crippen molar-refractivity contribution in [1.82, 2.24) is 15.1 Å². The molecule has 4 atom stereocenters. The third kappa shape index (κ3) is 4.37. The van der Waals surface area contributed by atoms with Gasteiger partial charge in [-0.25, -0.2) is 4.39 Å². The van der Waals surface area contributed by atoms with Gasteiger partial charge in [0.2, 0.25) is 5.72 Å². The van der Waals surface area contributed by atoms with Crippen molar-refractivity contribution in [3.8, 4) is 5.75 Å². The average molecular weight is 561 g/mol. The Bertz CT molecular complexity index is 1430. The predicted octanol–water partition coefficient (Wildman–Crippen LogP) is -2.98. The smallest absolute Gasteiger partial charge is 0.282 e. The van der Waals surface area contributed by atoms with Crippen LogP contribution in [0.2, 0.25) is 0 Å². The number of amides is 3. The van der Waals surface area contributed by atoms with Crippen LogP contribution in [0.15, 0.2) is 36.4 Å². The summed E-state index contributed by atoms with van der Waals surface area (Å²) < 4.78 is 26.0. The van der Waals surface area contributed by atoms with Crippen molar-refractivity contribution in [2.24, 2.45) is 0 Å². The van der Waals surface area contributed by atoms with Gasteiger partial charge in [-0.05, 0) is 23.8 Å². The Balaban J connectivity index is 1.43. The van der Waals surface area contributed by atoms with Crippen molar-refractivity contribution < 1.29 is 48.7 Å². The highest BCUT2D eigenvalue weighted by atomic mass is 19.1.